The zero-order chi connectivity index (χ0) is 26.9. The number of carbonyl (C=O) groups is 2. The summed E-state index contributed by atoms with van der Waals surface area (Å²) in [6.07, 6.45) is 6.06. The molecule has 1 unspecified atom stereocenters. The summed E-state index contributed by atoms with van der Waals surface area (Å²) < 4.78 is 11.2. The third-order valence-electron chi connectivity index (χ3n) is 7.05. The summed E-state index contributed by atoms with van der Waals surface area (Å²) in [6, 6.07) is 7.23. The maximum Gasteiger partial charge on any atom is 0.270 e. The molecule has 4 N–H and O–H groups in total. The number of benzene rings is 1. The number of hydrogen-bond donors (Lipinski definition) is 4. The lowest BCUT2D eigenvalue weighted by Crippen LogP contribution is -2.40. The highest BCUT2D eigenvalue weighted by molar-refractivity contribution is 6.00. The summed E-state index contributed by atoms with van der Waals surface area (Å²) >= 11 is 0. The summed E-state index contributed by atoms with van der Waals surface area (Å²) in [7, 11) is 1.76. The number of hydrogen-bond acceptors (Lipinski definition) is 8. The Kier molecular flexibility index (Phi) is 10.0. The third kappa shape index (κ3) is 7.49. The van der Waals surface area contributed by atoms with Gasteiger partial charge in [-0.3, -0.25) is 9.59 Å². The molecule has 1 saturated heterocycles. The van der Waals surface area contributed by atoms with Gasteiger partial charge in [-0.25, -0.2) is 9.97 Å². The van der Waals surface area contributed by atoms with E-state index in [1.165, 1.54) is 6.42 Å². The van der Waals surface area contributed by atoms with Crippen molar-refractivity contribution < 1.29 is 24.2 Å². The molecule has 2 fully saturated rings. The molecule has 0 radical (unpaired) electrons. The average molecular weight is 526 g/mol. The van der Waals surface area contributed by atoms with Gasteiger partial charge in [-0.1, -0.05) is 31.4 Å². The molecule has 1 aromatic heterocycles. The van der Waals surface area contributed by atoms with Crippen molar-refractivity contribution in [1.29, 1.82) is 0 Å². The van der Waals surface area contributed by atoms with Gasteiger partial charge in [0.15, 0.2) is 5.82 Å². The van der Waals surface area contributed by atoms with E-state index < -0.39 is 6.10 Å². The quantitative estimate of drug-likeness (QED) is 0.371. The van der Waals surface area contributed by atoms with E-state index in [0.717, 1.165) is 38.5 Å². The Balaban J connectivity index is 1.63. The van der Waals surface area contributed by atoms with Crippen molar-refractivity contribution in [2.24, 2.45) is 0 Å². The van der Waals surface area contributed by atoms with Crippen molar-refractivity contribution in [3.63, 3.8) is 0 Å². The predicted octanol–water partition coefficient (Wildman–Crippen LogP) is 2.38. The molecule has 1 aromatic carbocycles. The normalized spacial score (nSPS) is 17.6. The van der Waals surface area contributed by atoms with Crippen LogP contribution >= 0.6 is 0 Å². The Morgan fingerprint density at radius 3 is 2.29 bits per heavy atom. The molecule has 1 saturated carbocycles. The second kappa shape index (κ2) is 13.6. The monoisotopic (exact) mass is 525 g/mol. The number of rotatable bonds is 10. The van der Waals surface area contributed by atoms with Crippen LogP contribution in [0.5, 0.6) is 5.75 Å². The van der Waals surface area contributed by atoms with Gasteiger partial charge < -0.3 is 30.5 Å². The molecule has 10 nitrogen and oxygen atoms in total. The first-order valence-electron chi connectivity index (χ1n) is 13.6. The number of aliphatic hydroxyl groups excluding tert-OH is 1. The Labute approximate surface area is 223 Å². The predicted molar refractivity (Wildman–Crippen MR) is 143 cm³/mol. The van der Waals surface area contributed by atoms with Crippen molar-refractivity contribution >= 4 is 11.8 Å². The van der Waals surface area contributed by atoms with E-state index in [0.29, 0.717) is 36.6 Å². The van der Waals surface area contributed by atoms with Gasteiger partial charge in [0.05, 0.1) is 0 Å². The van der Waals surface area contributed by atoms with Gasteiger partial charge in [-0.05, 0) is 51.8 Å². The average Bonchev–Trinajstić information content (AvgIpc) is 2.93. The van der Waals surface area contributed by atoms with Crippen LogP contribution in [0.1, 0.15) is 71.5 Å². The van der Waals surface area contributed by atoms with Crippen molar-refractivity contribution in [2.75, 3.05) is 33.4 Å². The molecule has 2 aliphatic rings. The van der Waals surface area contributed by atoms with Gasteiger partial charge in [0.25, 0.3) is 11.8 Å². The fraction of sp³-hybridized carbons (Fsp3) is 0.571. The van der Waals surface area contributed by atoms with Gasteiger partial charge in [0, 0.05) is 43.0 Å². The van der Waals surface area contributed by atoms with Crippen LogP contribution < -0.4 is 20.7 Å². The van der Waals surface area contributed by atoms with E-state index in [9.17, 15) is 14.7 Å². The van der Waals surface area contributed by atoms with Gasteiger partial charge in [0.2, 0.25) is 0 Å². The van der Waals surface area contributed by atoms with Crippen LogP contribution in [0.15, 0.2) is 24.3 Å². The molecular weight excluding hydrogens is 486 g/mol. The van der Waals surface area contributed by atoms with Crippen molar-refractivity contribution in [2.45, 2.75) is 70.1 Å². The van der Waals surface area contributed by atoms with Crippen LogP contribution in [0.25, 0.3) is 11.4 Å². The number of nitrogens with one attached hydrogen (secondary N) is 3. The van der Waals surface area contributed by atoms with Crippen LogP contribution in [0.3, 0.4) is 0 Å². The van der Waals surface area contributed by atoms with Crippen LogP contribution in [0.4, 0.5) is 0 Å². The third-order valence-corrected chi connectivity index (χ3v) is 7.05. The number of aliphatic hydroxyl groups is 1. The summed E-state index contributed by atoms with van der Waals surface area (Å²) in [5, 5.41) is 19.1. The van der Waals surface area contributed by atoms with E-state index in [1.807, 2.05) is 6.07 Å². The highest BCUT2D eigenvalue weighted by Gasteiger charge is 2.26. The molecule has 2 heterocycles. The van der Waals surface area contributed by atoms with Crippen LogP contribution in [0, 0.1) is 6.92 Å². The minimum absolute atomic E-state index is 0.00523. The summed E-state index contributed by atoms with van der Waals surface area (Å²) in [5.41, 5.74) is 1.45. The van der Waals surface area contributed by atoms with Gasteiger partial charge in [-0.15, -0.1) is 0 Å². The Morgan fingerprint density at radius 2 is 1.66 bits per heavy atom. The number of ether oxygens (including phenoxy) is 2. The SMILES string of the molecule is CNCC(O)COc1cccc(-c2nc(C(=O)NC3CCCCC3)c(C)c(C(=O)NC3CCOCC3)n2)c1. The lowest BCUT2D eigenvalue weighted by molar-refractivity contribution is 0.0693. The summed E-state index contributed by atoms with van der Waals surface area (Å²) in [4.78, 5) is 36.0. The first-order valence-corrected chi connectivity index (χ1v) is 13.6. The minimum Gasteiger partial charge on any atom is -0.491 e. The second-order valence-corrected chi connectivity index (χ2v) is 10.1. The highest BCUT2D eigenvalue weighted by Crippen LogP contribution is 2.25. The fourth-order valence-corrected chi connectivity index (χ4v) is 4.90. The highest BCUT2D eigenvalue weighted by atomic mass is 16.5. The Hall–Kier alpha value is -3.08. The number of aromatic nitrogens is 2. The maximum absolute atomic E-state index is 13.4. The largest absolute Gasteiger partial charge is 0.491 e. The maximum atomic E-state index is 13.4. The first kappa shape index (κ1) is 27.9. The number of amides is 2. The standard InChI is InChI=1S/C28H39N5O5/c1-18-24(27(35)30-20-8-4-3-5-9-20)32-26(33-25(18)28(36)31-21-11-13-37-14-12-21)19-7-6-10-23(15-19)38-17-22(34)16-29-2/h6-7,10,15,20-22,29,34H,3-5,8-9,11-14,16-17H2,1-2H3,(H,30,35)(H,31,36). The molecule has 2 aromatic rings. The van der Waals surface area contributed by atoms with E-state index in [2.05, 4.69) is 25.9 Å². The van der Waals surface area contributed by atoms with Gasteiger partial charge >= 0.3 is 0 Å². The van der Waals surface area contributed by atoms with E-state index in [4.69, 9.17) is 9.47 Å². The van der Waals surface area contributed by atoms with Crippen LogP contribution in [0.2, 0.25) is 0 Å². The summed E-state index contributed by atoms with van der Waals surface area (Å²) in [6.45, 7) is 3.45. The zero-order valence-corrected chi connectivity index (χ0v) is 22.3. The zero-order valence-electron chi connectivity index (χ0n) is 22.3. The fourth-order valence-electron chi connectivity index (χ4n) is 4.90. The Bertz CT molecular complexity index is 1050. The first-order chi connectivity index (χ1) is 18.4. The topological polar surface area (TPSA) is 135 Å². The molecule has 1 aliphatic heterocycles. The van der Waals surface area contributed by atoms with Crippen LogP contribution in [-0.4, -0.2) is 78.5 Å². The Morgan fingerprint density at radius 1 is 1.03 bits per heavy atom. The summed E-state index contributed by atoms with van der Waals surface area (Å²) in [5.74, 6) is 0.180. The molecular formula is C28H39N5O5. The number of likely N-dealkylation sites (N-methyl/N-ethyl adjacent to an activating group) is 1. The molecule has 206 valence electrons. The minimum atomic E-state index is -0.658. The van der Waals surface area contributed by atoms with Crippen molar-refractivity contribution in [3.8, 4) is 17.1 Å². The van der Waals surface area contributed by atoms with Gasteiger partial charge in [0.1, 0.15) is 29.8 Å². The molecule has 4 rings (SSSR count). The lowest BCUT2D eigenvalue weighted by Gasteiger charge is -2.24. The van der Waals surface area contributed by atoms with Crippen LogP contribution in [-0.2, 0) is 4.74 Å². The van der Waals surface area contributed by atoms with Gasteiger partial charge in [-0.2, -0.15) is 0 Å². The molecule has 0 spiro atoms. The van der Waals surface area contributed by atoms with E-state index in [-0.39, 0.29) is 47.7 Å². The van der Waals surface area contributed by atoms with Crippen molar-refractivity contribution in [3.05, 3.63) is 41.2 Å². The van der Waals surface area contributed by atoms with E-state index >= 15 is 0 Å². The molecule has 1 aliphatic carbocycles. The van der Waals surface area contributed by atoms with Crippen molar-refractivity contribution in [1.82, 2.24) is 25.9 Å². The second-order valence-electron chi connectivity index (χ2n) is 10.1. The molecule has 38 heavy (non-hydrogen) atoms. The number of carbonyl (C=O) groups excluding carboxylic acids is 2. The number of nitrogens with zero attached hydrogens (tertiary/aromatic N) is 2. The molecule has 1 atom stereocenters. The molecule has 2 amide bonds. The molecule has 10 heteroatoms. The molecule has 0 bridgehead atoms. The smallest absolute Gasteiger partial charge is 0.270 e. The lowest BCUT2D eigenvalue weighted by atomic mass is 9.95. The van der Waals surface area contributed by atoms with E-state index in [1.54, 1.807) is 32.2 Å².